The number of rotatable bonds is 6. The summed E-state index contributed by atoms with van der Waals surface area (Å²) in [6, 6.07) is 11.5. The van der Waals surface area contributed by atoms with Crippen molar-refractivity contribution in [3.8, 4) is 0 Å². The molecule has 1 aromatic heterocycles. The van der Waals surface area contributed by atoms with Gasteiger partial charge in [0.25, 0.3) is 0 Å². The average molecular weight is 382 g/mol. The minimum atomic E-state index is -2.43. The Bertz CT molecular complexity index is 656. The molecule has 1 heterocycles. The van der Waals surface area contributed by atoms with Gasteiger partial charge in [0, 0.05) is 28.9 Å². The number of carbonyl (C=O) groups excluding carboxylic acids is 1. The molecule has 0 unspecified atom stereocenters. The lowest BCUT2D eigenvalue weighted by Crippen LogP contribution is -2.15. The molecule has 0 saturated carbocycles. The molecule has 0 spiro atoms. The third-order valence-electron chi connectivity index (χ3n) is 4.15. The third-order valence-corrected chi connectivity index (χ3v) is 8.44. The second kappa shape index (κ2) is 7.43. The van der Waals surface area contributed by atoms with E-state index >= 15 is 0 Å². The van der Waals surface area contributed by atoms with E-state index in [1.807, 2.05) is 50.2 Å². The number of aromatic nitrogens is 1. The molecular formula is C17H21BrNO2P. The zero-order chi connectivity index (χ0) is 16.2. The van der Waals surface area contributed by atoms with Crippen LogP contribution in [-0.2, 0) is 4.57 Å². The molecule has 3 nitrogen and oxygen atoms in total. The van der Waals surface area contributed by atoms with Crippen molar-refractivity contribution < 1.29 is 9.36 Å². The van der Waals surface area contributed by atoms with Gasteiger partial charge in [-0.25, -0.2) is 0 Å². The summed E-state index contributed by atoms with van der Waals surface area (Å²) < 4.78 is 15.8. The summed E-state index contributed by atoms with van der Waals surface area (Å²) in [5.74, 6) is -0.0138. The maximum atomic E-state index is 13.3. The van der Waals surface area contributed by atoms with Crippen LogP contribution in [0.15, 0.2) is 53.3 Å². The summed E-state index contributed by atoms with van der Waals surface area (Å²) in [5.41, 5.74) is 0.765. The maximum Gasteiger partial charge on any atom is 0.231 e. The van der Waals surface area contributed by atoms with E-state index in [2.05, 4.69) is 15.9 Å². The lowest BCUT2D eigenvalue weighted by atomic mass is 10.1. The van der Waals surface area contributed by atoms with Crippen molar-refractivity contribution in [3.63, 3.8) is 0 Å². The van der Waals surface area contributed by atoms with Gasteiger partial charge in [-0.3, -0.25) is 9.36 Å². The van der Waals surface area contributed by atoms with Crippen molar-refractivity contribution in [1.29, 1.82) is 0 Å². The summed E-state index contributed by atoms with van der Waals surface area (Å²) in [7, 11) is -2.43. The highest BCUT2D eigenvalue weighted by Crippen LogP contribution is 2.60. The molecule has 0 fully saturated rings. The van der Waals surface area contributed by atoms with Crippen molar-refractivity contribution in [2.24, 2.45) is 0 Å². The van der Waals surface area contributed by atoms with Gasteiger partial charge in [-0.1, -0.05) is 41.9 Å². The molecule has 22 heavy (non-hydrogen) atoms. The van der Waals surface area contributed by atoms with E-state index in [1.165, 1.54) is 0 Å². The van der Waals surface area contributed by atoms with Gasteiger partial charge in [0.1, 0.15) is 0 Å². The Labute approximate surface area is 140 Å². The summed E-state index contributed by atoms with van der Waals surface area (Å²) in [4.78, 5) is 12.5. The van der Waals surface area contributed by atoms with E-state index in [4.69, 9.17) is 0 Å². The first kappa shape index (κ1) is 17.2. The number of hydrogen-bond donors (Lipinski definition) is 0. The molecule has 0 aliphatic carbocycles. The van der Waals surface area contributed by atoms with Crippen molar-refractivity contribution in [1.82, 2.24) is 4.57 Å². The smallest absolute Gasteiger partial charge is 0.231 e. The van der Waals surface area contributed by atoms with Crippen LogP contribution < -0.4 is 0 Å². The van der Waals surface area contributed by atoms with Gasteiger partial charge in [0.15, 0.2) is 0 Å². The Morgan fingerprint density at radius 2 is 1.68 bits per heavy atom. The SMILES string of the molecule is CCP(=O)(CC)[C@@H](CC(=O)n1cccc1)c1ccc(Br)cc1. The molecule has 0 aliphatic rings. The number of carbonyl (C=O) groups is 1. The van der Waals surface area contributed by atoms with E-state index < -0.39 is 7.14 Å². The zero-order valence-corrected chi connectivity index (χ0v) is 15.4. The van der Waals surface area contributed by atoms with Gasteiger partial charge >= 0.3 is 0 Å². The van der Waals surface area contributed by atoms with Gasteiger partial charge in [0.05, 0.1) is 7.14 Å². The van der Waals surface area contributed by atoms with Crippen LogP contribution >= 0.6 is 23.1 Å². The molecule has 1 atom stereocenters. The molecule has 0 amide bonds. The summed E-state index contributed by atoms with van der Waals surface area (Å²) >= 11 is 3.42. The molecule has 1 aromatic carbocycles. The molecule has 0 N–H and O–H groups in total. The Balaban J connectivity index is 2.35. The summed E-state index contributed by atoms with van der Waals surface area (Å²) in [6.45, 7) is 3.91. The highest BCUT2D eigenvalue weighted by molar-refractivity contribution is 9.10. The fraction of sp³-hybridized carbons (Fsp3) is 0.353. The Morgan fingerprint density at radius 1 is 1.14 bits per heavy atom. The lowest BCUT2D eigenvalue weighted by Gasteiger charge is -2.26. The minimum Gasteiger partial charge on any atom is -0.323 e. The molecule has 0 bridgehead atoms. The van der Waals surface area contributed by atoms with Crippen LogP contribution in [0.5, 0.6) is 0 Å². The maximum absolute atomic E-state index is 13.3. The van der Waals surface area contributed by atoms with E-state index in [-0.39, 0.29) is 18.0 Å². The van der Waals surface area contributed by atoms with Gasteiger partial charge < -0.3 is 4.57 Å². The van der Waals surface area contributed by atoms with E-state index in [0.29, 0.717) is 12.3 Å². The lowest BCUT2D eigenvalue weighted by molar-refractivity contribution is 0.0901. The van der Waals surface area contributed by atoms with E-state index in [9.17, 15) is 9.36 Å². The van der Waals surface area contributed by atoms with Crippen molar-refractivity contribution >= 4 is 29.0 Å². The van der Waals surface area contributed by atoms with Crippen LogP contribution in [0.4, 0.5) is 0 Å². The highest BCUT2D eigenvalue weighted by Gasteiger charge is 2.33. The quantitative estimate of drug-likeness (QED) is 0.626. The molecule has 5 heteroatoms. The molecule has 2 rings (SSSR count). The first-order valence-electron chi connectivity index (χ1n) is 7.49. The van der Waals surface area contributed by atoms with Gasteiger partial charge in [0.2, 0.25) is 5.91 Å². The van der Waals surface area contributed by atoms with Crippen LogP contribution in [0.2, 0.25) is 0 Å². The Morgan fingerprint density at radius 3 is 2.18 bits per heavy atom. The predicted octanol–water partition coefficient (Wildman–Crippen LogP) is 5.43. The van der Waals surface area contributed by atoms with Crippen LogP contribution in [-0.4, -0.2) is 22.8 Å². The summed E-state index contributed by atoms with van der Waals surface area (Å²) in [6.07, 6.45) is 4.98. The van der Waals surface area contributed by atoms with E-state index in [0.717, 1.165) is 10.0 Å². The predicted molar refractivity (Wildman–Crippen MR) is 95.2 cm³/mol. The van der Waals surface area contributed by atoms with Crippen LogP contribution in [0.25, 0.3) is 0 Å². The van der Waals surface area contributed by atoms with Gasteiger partial charge in [-0.05, 0) is 42.2 Å². The Kier molecular flexibility index (Phi) is 5.82. The molecule has 118 valence electrons. The van der Waals surface area contributed by atoms with E-state index in [1.54, 1.807) is 17.0 Å². The fourth-order valence-corrected chi connectivity index (χ4v) is 5.47. The fourth-order valence-electron chi connectivity index (χ4n) is 2.68. The monoisotopic (exact) mass is 381 g/mol. The number of hydrogen-bond acceptors (Lipinski definition) is 2. The molecule has 2 aromatic rings. The first-order valence-corrected chi connectivity index (χ1v) is 10.4. The molecule has 0 aliphatic heterocycles. The molecular weight excluding hydrogens is 361 g/mol. The van der Waals surface area contributed by atoms with Crippen LogP contribution in [0, 0.1) is 0 Å². The van der Waals surface area contributed by atoms with Crippen LogP contribution in [0.3, 0.4) is 0 Å². The minimum absolute atomic E-state index is 0.0138. The largest absolute Gasteiger partial charge is 0.323 e. The van der Waals surface area contributed by atoms with Crippen molar-refractivity contribution in [2.75, 3.05) is 12.3 Å². The second-order valence-electron chi connectivity index (χ2n) is 5.34. The van der Waals surface area contributed by atoms with Crippen molar-refractivity contribution in [2.45, 2.75) is 25.9 Å². The van der Waals surface area contributed by atoms with Gasteiger partial charge in [-0.2, -0.15) is 0 Å². The Hall–Kier alpha value is -1.12. The number of benzene rings is 1. The second-order valence-corrected chi connectivity index (χ2v) is 10.0. The highest BCUT2D eigenvalue weighted by atomic mass is 79.9. The number of halogens is 1. The average Bonchev–Trinajstić information content (AvgIpc) is 3.07. The van der Waals surface area contributed by atoms with Crippen molar-refractivity contribution in [3.05, 3.63) is 58.8 Å². The standard InChI is InChI=1S/C17H21BrNO2P/c1-3-22(21,4-2)16(14-7-9-15(18)10-8-14)13-17(20)19-11-5-6-12-19/h5-12,16H,3-4,13H2,1-2H3/t16-/m0/s1. The van der Waals surface area contributed by atoms with Gasteiger partial charge in [-0.15, -0.1) is 0 Å². The van der Waals surface area contributed by atoms with Crippen LogP contribution in [0.1, 0.15) is 36.3 Å². The third kappa shape index (κ3) is 3.80. The molecule has 0 radical (unpaired) electrons. The topological polar surface area (TPSA) is 39.1 Å². The molecule has 0 saturated heterocycles. The number of nitrogens with zero attached hydrogens (tertiary/aromatic N) is 1. The zero-order valence-electron chi connectivity index (χ0n) is 12.9. The first-order chi connectivity index (χ1) is 10.5. The normalized spacial score (nSPS) is 13.0. The summed E-state index contributed by atoms with van der Waals surface area (Å²) in [5, 5.41) is 0.